The maximum atomic E-state index is 3.55. The number of aryl methyl sites for hydroxylation is 1. The Labute approximate surface area is 131 Å². The quantitative estimate of drug-likeness (QED) is 0.680. The van der Waals surface area contributed by atoms with Gasteiger partial charge in [-0.15, -0.1) is 11.3 Å². The van der Waals surface area contributed by atoms with E-state index in [2.05, 4.69) is 76.0 Å². The van der Waals surface area contributed by atoms with Crippen LogP contribution in [0.1, 0.15) is 22.7 Å². The molecule has 3 heteroatoms. The van der Waals surface area contributed by atoms with Crippen molar-refractivity contribution < 1.29 is 0 Å². The molecule has 1 aromatic heterocycles. The van der Waals surface area contributed by atoms with Crippen LogP contribution in [0.3, 0.4) is 0 Å². The fraction of sp³-hybridized carbons (Fsp3) is 0.176. The summed E-state index contributed by atoms with van der Waals surface area (Å²) < 4.78 is 1.17. The van der Waals surface area contributed by atoms with Crippen molar-refractivity contribution in [1.82, 2.24) is 5.32 Å². The zero-order valence-electron chi connectivity index (χ0n) is 11.5. The molecule has 0 aliphatic carbocycles. The molecule has 0 bridgehead atoms. The van der Waals surface area contributed by atoms with Gasteiger partial charge >= 0.3 is 0 Å². The molecular weight excluding hydrogens is 330 g/mol. The van der Waals surface area contributed by atoms with Crippen molar-refractivity contribution in [2.75, 3.05) is 7.05 Å². The van der Waals surface area contributed by atoms with Crippen LogP contribution in [-0.2, 0) is 0 Å². The van der Waals surface area contributed by atoms with Gasteiger partial charge in [-0.2, -0.15) is 0 Å². The summed E-state index contributed by atoms with van der Waals surface area (Å²) in [7, 11) is 2.02. The van der Waals surface area contributed by atoms with Crippen LogP contribution in [0.25, 0.3) is 10.8 Å². The summed E-state index contributed by atoms with van der Waals surface area (Å²) >= 11 is 5.28. The minimum absolute atomic E-state index is 0.225. The highest BCUT2D eigenvalue weighted by Crippen LogP contribution is 2.33. The van der Waals surface area contributed by atoms with Crippen LogP contribution in [0, 0.1) is 6.92 Å². The van der Waals surface area contributed by atoms with Gasteiger partial charge in [-0.1, -0.05) is 36.4 Å². The first-order chi connectivity index (χ1) is 9.70. The molecule has 1 atom stereocenters. The lowest BCUT2D eigenvalue weighted by molar-refractivity contribution is 0.699. The molecule has 1 nitrogen and oxygen atoms in total. The lowest BCUT2D eigenvalue weighted by Gasteiger charge is -2.18. The fourth-order valence-electron chi connectivity index (χ4n) is 2.70. The molecule has 2 aromatic carbocycles. The summed E-state index contributed by atoms with van der Waals surface area (Å²) in [5.74, 6) is 0. The predicted molar refractivity (Wildman–Crippen MR) is 91.6 cm³/mol. The summed E-state index contributed by atoms with van der Waals surface area (Å²) in [6, 6.07) is 15.5. The molecule has 0 aliphatic heterocycles. The number of hydrogen-bond acceptors (Lipinski definition) is 2. The third-order valence-electron chi connectivity index (χ3n) is 3.70. The molecule has 0 radical (unpaired) electrons. The van der Waals surface area contributed by atoms with E-state index in [1.807, 2.05) is 7.05 Å². The van der Waals surface area contributed by atoms with Gasteiger partial charge in [0.25, 0.3) is 0 Å². The van der Waals surface area contributed by atoms with Crippen LogP contribution in [0.4, 0.5) is 0 Å². The van der Waals surface area contributed by atoms with Crippen molar-refractivity contribution in [3.05, 3.63) is 68.3 Å². The number of thiophene rings is 1. The Morgan fingerprint density at radius 3 is 2.50 bits per heavy atom. The van der Waals surface area contributed by atoms with E-state index in [0.29, 0.717) is 0 Å². The van der Waals surface area contributed by atoms with Crippen LogP contribution in [0.15, 0.2) is 51.6 Å². The van der Waals surface area contributed by atoms with Crippen LogP contribution in [-0.4, -0.2) is 7.05 Å². The van der Waals surface area contributed by atoms with Crippen LogP contribution in [0.2, 0.25) is 0 Å². The Morgan fingerprint density at radius 2 is 1.85 bits per heavy atom. The average molecular weight is 346 g/mol. The van der Waals surface area contributed by atoms with Crippen molar-refractivity contribution in [2.24, 2.45) is 0 Å². The second kappa shape index (κ2) is 5.68. The van der Waals surface area contributed by atoms with Crippen LogP contribution < -0.4 is 5.32 Å². The summed E-state index contributed by atoms with van der Waals surface area (Å²) in [5, 5.41) is 8.31. The normalized spacial score (nSPS) is 12.8. The van der Waals surface area contributed by atoms with Crippen molar-refractivity contribution in [1.29, 1.82) is 0 Å². The first-order valence-corrected chi connectivity index (χ1v) is 8.27. The molecule has 0 saturated heterocycles. The van der Waals surface area contributed by atoms with Crippen molar-refractivity contribution in [3.8, 4) is 0 Å². The lowest BCUT2D eigenvalue weighted by Crippen LogP contribution is -2.17. The number of hydrogen-bond donors (Lipinski definition) is 1. The molecule has 3 aromatic rings. The van der Waals surface area contributed by atoms with Gasteiger partial charge in [0.1, 0.15) is 0 Å². The summed E-state index contributed by atoms with van der Waals surface area (Å²) in [6.07, 6.45) is 0. The Morgan fingerprint density at radius 1 is 1.10 bits per heavy atom. The highest BCUT2D eigenvalue weighted by molar-refractivity contribution is 9.11. The molecule has 20 heavy (non-hydrogen) atoms. The molecule has 102 valence electrons. The SMILES string of the molecule is CNC(c1csc(Br)c1)c1ccc(C)c2ccccc12. The molecule has 0 aliphatic rings. The number of halogens is 1. The van der Waals surface area contributed by atoms with Crippen molar-refractivity contribution in [2.45, 2.75) is 13.0 Å². The number of fused-ring (bicyclic) bond motifs is 1. The standard InChI is InChI=1S/C17H16BrNS/c1-11-7-8-15(14-6-4-3-5-13(11)14)17(19-2)12-9-16(18)20-10-12/h3-10,17,19H,1-2H3. The maximum absolute atomic E-state index is 3.55. The molecule has 0 spiro atoms. The molecular formula is C17H16BrNS. The van der Waals surface area contributed by atoms with Gasteiger partial charge < -0.3 is 5.32 Å². The Bertz CT molecular complexity index is 748. The van der Waals surface area contributed by atoms with Gasteiger partial charge in [-0.05, 0) is 68.8 Å². The Kier molecular flexibility index (Phi) is 3.92. The smallest absolute Gasteiger partial charge is 0.0701 e. The van der Waals surface area contributed by atoms with Gasteiger partial charge in [0.2, 0.25) is 0 Å². The van der Waals surface area contributed by atoms with Gasteiger partial charge in [-0.3, -0.25) is 0 Å². The molecule has 0 saturated carbocycles. The van der Waals surface area contributed by atoms with Gasteiger partial charge in [0.05, 0.1) is 9.83 Å². The monoisotopic (exact) mass is 345 g/mol. The topological polar surface area (TPSA) is 12.0 Å². The van der Waals surface area contributed by atoms with E-state index < -0.39 is 0 Å². The molecule has 1 unspecified atom stereocenters. The van der Waals surface area contributed by atoms with Crippen LogP contribution in [0.5, 0.6) is 0 Å². The molecule has 1 N–H and O–H groups in total. The molecule has 0 fully saturated rings. The van der Waals surface area contributed by atoms with Crippen molar-refractivity contribution in [3.63, 3.8) is 0 Å². The van der Waals surface area contributed by atoms with E-state index >= 15 is 0 Å². The molecule has 0 amide bonds. The summed E-state index contributed by atoms with van der Waals surface area (Å²) in [5.41, 5.74) is 3.96. The number of benzene rings is 2. The van der Waals surface area contributed by atoms with E-state index in [9.17, 15) is 0 Å². The van der Waals surface area contributed by atoms with Gasteiger partial charge in [-0.25, -0.2) is 0 Å². The van der Waals surface area contributed by atoms with E-state index in [-0.39, 0.29) is 6.04 Å². The second-order valence-electron chi connectivity index (χ2n) is 4.92. The minimum Gasteiger partial charge on any atom is -0.309 e. The summed E-state index contributed by atoms with van der Waals surface area (Å²) in [6.45, 7) is 2.17. The lowest BCUT2D eigenvalue weighted by atomic mass is 9.93. The number of nitrogens with one attached hydrogen (secondary N) is 1. The van der Waals surface area contributed by atoms with Gasteiger partial charge in [0, 0.05) is 0 Å². The highest BCUT2D eigenvalue weighted by atomic mass is 79.9. The highest BCUT2D eigenvalue weighted by Gasteiger charge is 2.16. The van der Waals surface area contributed by atoms with Crippen LogP contribution >= 0.6 is 27.3 Å². The largest absolute Gasteiger partial charge is 0.309 e. The first-order valence-electron chi connectivity index (χ1n) is 6.60. The Balaban J connectivity index is 2.20. The molecule has 1 heterocycles. The maximum Gasteiger partial charge on any atom is 0.0701 e. The number of rotatable bonds is 3. The Hall–Kier alpha value is -1.16. The fourth-order valence-corrected chi connectivity index (χ4v) is 3.90. The van der Waals surface area contributed by atoms with Gasteiger partial charge in [0.15, 0.2) is 0 Å². The van der Waals surface area contributed by atoms with E-state index in [0.717, 1.165) is 0 Å². The third kappa shape index (κ3) is 2.41. The predicted octanol–water partition coefficient (Wildman–Crippen LogP) is 5.28. The first kappa shape index (κ1) is 13.8. The molecule has 3 rings (SSSR count). The second-order valence-corrected chi connectivity index (χ2v) is 7.21. The zero-order valence-corrected chi connectivity index (χ0v) is 13.9. The average Bonchev–Trinajstić information content (AvgIpc) is 2.89. The zero-order chi connectivity index (χ0) is 14.1. The van der Waals surface area contributed by atoms with E-state index in [1.54, 1.807) is 11.3 Å². The van der Waals surface area contributed by atoms with E-state index in [1.165, 1.54) is 31.2 Å². The minimum atomic E-state index is 0.225. The summed E-state index contributed by atoms with van der Waals surface area (Å²) in [4.78, 5) is 0. The van der Waals surface area contributed by atoms with E-state index in [4.69, 9.17) is 0 Å². The van der Waals surface area contributed by atoms with Crippen molar-refractivity contribution >= 4 is 38.0 Å². The third-order valence-corrected chi connectivity index (χ3v) is 5.22.